The molecule has 0 bridgehead atoms. The van der Waals surface area contributed by atoms with E-state index < -0.39 is 0 Å². The summed E-state index contributed by atoms with van der Waals surface area (Å²) in [6, 6.07) is 0. The number of rotatable bonds is 7. The summed E-state index contributed by atoms with van der Waals surface area (Å²) in [5.74, 6) is 0.675. The number of thiazole rings is 1. The first kappa shape index (κ1) is 16.7. The van der Waals surface area contributed by atoms with Gasteiger partial charge in [0, 0.05) is 31.6 Å². The van der Waals surface area contributed by atoms with E-state index in [1.807, 2.05) is 11.3 Å². The van der Waals surface area contributed by atoms with Gasteiger partial charge in [-0.2, -0.15) is 0 Å². The van der Waals surface area contributed by atoms with E-state index in [1.165, 1.54) is 35.7 Å². The van der Waals surface area contributed by atoms with E-state index in [4.69, 9.17) is 9.72 Å². The summed E-state index contributed by atoms with van der Waals surface area (Å²) in [6.07, 6.45) is 5.30. The Labute approximate surface area is 132 Å². The lowest BCUT2D eigenvalue weighted by molar-refractivity contribution is 0.181. The zero-order valence-corrected chi connectivity index (χ0v) is 14.5. The molecule has 0 atom stereocenters. The summed E-state index contributed by atoms with van der Waals surface area (Å²) >= 11 is 1.84. The van der Waals surface area contributed by atoms with Crippen LogP contribution in [0.25, 0.3) is 0 Å². The predicted molar refractivity (Wildman–Crippen MR) is 90.1 cm³/mol. The van der Waals surface area contributed by atoms with Crippen LogP contribution < -0.4 is 10.2 Å². The summed E-state index contributed by atoms with van der Waals surface area (Å²) in [5.41, 5.74) is 1.11. The minimum absolute atomic E-state index is 0.614. The van der Waals surface area contributed by atoms with Gasteiger partial charge in [-0.15, -0.1) is 11.3 Å². The summed E-state index contributed by atoms with van der Waals surface area (Å²) < 4.78 is 5.32. The highest BCUT2D eigenvalue weighted by Crippen LogP contribution is 2.28. The smallest absolute Gasteiger partial charge is 0.185 e. The molecule has 2 heterocycles. The highest BCUT2D eigenvalue weighted by Gasteiger charge is 2.17. The van der Waals surface area contributed by atoms with Gasteiger partial charge in [-0.25, -0.2) is 4.98 Å². The van der Waals surface area contributed by atoms with E-state index in [1.54, 1.807) is 7.11 Å². The molecule has 0 aliphatic carbocycles. The van der Waals surface area contributed by atoms with Gasteiger partial charge in [0.15, 0.2) is 5.13 Å². The molecule has 1 fully saturated rings. The first-order chi connectivity index (χ1) is 10.2. The van der Waals surface area contributed by atoms with Crippen LogP contribution in [0.5, 0.6) is 0 Å². The van der Waals surface area contributed by atoms with Crippen molar-refractivity contribution in [3.8, 4) is 0 Å². The van der Waals surface area contributed by atoms with Crippen LogP contribution in [0.3, 0.4) is 0 Å². The number of hydrogen-bond donors (Lipinski definition) is 1. The molecule has 0 unspecified atom stereocenters. The molecule has 0 aromatic carbocycles. The molecule has 1 aliphatic heterocycles. The third kappa shape index (κ3) is 5.24. The molecule has 0 amide bonds. The first-order valence-electron chi connectivity index (χ1n) is 8.14. The standard InChI is InChI=1S/C16H29N3OS/c1-13(2)10-17-11-15-14(12-20-3)18-16(21-15)19-8-6-4-5-7-9-19/h13,17H,4-12H2,1-3H3. The zero-order valence-electron chi connectivity index (χ0n) is 13.7. The molecule has 1 aromatic rings. The lowest BCUT2D eigenvalue weighted by Gasteiger charge is -2.18. The molecular weight excluding hydrogens is 282 g/mol. The molecular formula is C16H29N3OS. The van der Waals surface area contributed by atoms with Crippen molar-refractivity contribution in [2.75, 3.05) is 31.6 Å². The molecule has 0 saturated carbocycles. The molecule has 5 heteroatoms. The lowest BCUT2D eigenvalue weighted by Crippen LogP contribution is -2.23. The van der Waals surface area contributed by atoms with Crippen molar-refractivity contribution in [3.63, 3.8) is 0 Å². The minimum Gasteiger partial charge on any atom is -0.378 e. The van der Waals surface area contributed by atoms with Crippen molar-refractivity contribution in [1.82, 2.24) is 10.3 Å². The number of anilines is 1. The fourth-order valence-electron chi connectivity index (χ4n) is 2.63. The van der Waals surface area contributed by atoms with E-state index in [2.05, 4.69) is 24.1 Å². The molecule has 2 rings (SSSR count). The summed E-state index contributed by atoms with van der Waals surface area (Å²) in [4.78, 5) is 8.63. The Bertz CT molecular complexity index is 412. The van der Waals surface area contributed by atoms with Crippen molar-refractivity contribution >= 4 is 16.5 Å². The van der Waals surface area contributed by atoms with E-state index in [-0.39, 0.29) is 0 Å². The molecule has 0 spiro atoms. The van der Waals surface area contributed by atoms with Crippen molar-refractivity contribution in [3.05, 3.63) is 10.6 Å². The van der Waals surface area contributed by atoms with E-state index in [0.717, 1.165) is 31.9 Å². The normalized spacial score (nSPS) is 16.5. The number of nitrogens with one attached hydrogen (secondary N) is 1. The topological polar surface area (TPSA) is 37.4 Å². The molecule has 1 aliphatic rings. The first-order valence-corrected chi connectivity index (χ1v) is 8.95. The van der Waals surface area contributed by atoms with Crippen LogP contribution in [0, 0.1) is 5.92 Å². The molecule has 21 heavy (non-hydrogen) atoms. The van der Waals surface area contributed by atoms with Crippen LogP contribution in [0.1, 0.15) is 50.1 Å². The number of nitrogens with zero attached hydrogens (tertiary/aromatic N) is 2. The average Bonchev–Trinajstić information content (AvgIpc) is 2.68. The van der Waals surface area contributed by atoms with Gasteiger partial charge in [0.2, 0.25) is 0 Å². The Morgan fingerprint density at radius 3 is 2.57 bits per heavy atom. The monoisotopic (exact) mass is 311 g/mol. The average molecular weight is 311 g/mol. The van der Waals surface area contributed by atoms with Crippen LogP contribution in [-0.2, 0) is 17.9 Å². The second-order valence-electron chi connectivity index (χ2n) is 6.23. The molecule has 4 nitrogen and oxygen atoms in total. The number of hydrogen-bond acceptors (Lipinski definition) is 5. The largest absolute Gasteiger partial charge is 0.378 e. The van der Waals surface area contributed by atoms with Crippen molar-refractivity contribution in [2.45, 2.75) is 52.7 Å². The predicted octanol–water partition coefficient (Wildman–Crippen LogP) is 3.42. The van der Waals surface area contributed by atoms with Crippen molar-refractivity contribution < 1.29 is 4.74 Å². The Hall–Kier alpha value is -0.650. The summed E-state index contributed by atoms with van der Waals surface area (Å²) in [6.45, 7) is 9.34. The maximum Gasteiger partial charge on any atom is 0.185 e. The Kier molecular flexibility index (Phi) is 6.93. The van der Waals surface area contributed by atoms with Crippen LogP contribution in [0.15, 0.2) is 0 Å². The molecule has 120 valence electrons. The molecule has 1 N–H and O–H groups in total. The fraction of sp³-hybridized carbons (Fsp3) is 0.812. The van der Waals surface area contributed by atoms with Crippen LogP contribution in [0.4, 0.5) is 5.13 Å². The maximum absolute atomic E-state index is 5.32. The van der Waals surface area contributed by atoms with Gasteiger partial charge in [0.1, 0.15) is 0 Å². The second kappa shape index (κ2) is 8.71. The highest BCUT2D eigenvalue weighted by molar-refractivity contribution is 7.15. The second-order valence-corrected chi connectivity index (χ2v) is 7.29. The Morgan fingerprint density at radius 1 is 1.24 bits per heavy atom. The molecule has 1 aromatic heterocycles. The number of ether oxygens (including phenoxy) is 1. The third-order valence-electron chi connectivity index (χ3n) is 3.76. The van der Waals surface area contributed by atoms with Gasteiger partial charge in [-0.05, 0) is 25.3 Å². The molecule has 1 saturated heterocycles. The number of methoxy groups -OCH3 is 1. The van der Waals surface area contributed by atoms with Crippen LogP contribution in [0.2, 0.25) is 0 Å². The van der Waals surface area contributed by atoms with Gasteiger partial charge >= 0.3 is 0 Å². The quantitative estimate of drug-likeness (QED) is 0.837. The minimum atomic E-state index is 0.614. The van der Waals surface area contributed by atoms with Crippen molar-refractivity contribution in [2.24, 2.45) is 5.92 Å². The van der Waals surface area contributed by atoms with E-state index in [9.17, 15) is 0 Å². The number of aromatic nitrogens is 1. The van der Waals surface area contributed by atoms with Gasteiger partial charge in [-0.3, -0.25) is 0 Å². The molecule has 0 radical (unpaired) electrons. The Morgan fingerprint density at radius 2 is 1.95 bits per heavy atom. The van der Waals surface area contributed by atoms with Crippen LogP contribution in [-0.4, -0.2) is 31.7 Å². The van der Waals surface area contributed by atoms with Crippen LogP contribution >= 0.6 is 11.3 Å². The zero-order chi connectivity index (χ0) is 15.1. The maximum atomic E-state index is 5.32. The fourth-order valence-corrected chi connectivity index (χ4v) is 3.71. The van der Waals surface area contributed by atoms with Crippen molar-refractivity contribution in [1.29, 1.82) is 0 Å². The lowest BCUT2D eigenvalue weighted by atomic mass is 10.2. The summed E-state index contributed by atoms with van der Waals surface area (Å²) in [5, 5.41) is 4.71. The van der Waals surface area contributed by atoms with Gasteiger partial charge in [0.25, 0.3) is 0 Å². The SMILES string of the molecule is COCc1nc(N2CCCCCC2)sc1CNCC(C)C. The Balaban J connectivity index is 2.03. The highest BCUT2D eigenvalue weighted by atomic mass is 32.1. The summed E-state index contributed by atoms with van der Waals surface area (Å²) in [7, 11) is 1.75. The van der Waals surface area contributed by atoms with Gasteiger partial charge < -0.3 is 15.0 Å². The van der Waals surface area contributed by atoms with E-state index in [0.29, 0.717) is 12.5 Å². The third-order valence-corrected chi connectivity index (χ3v) is 4.92. The van der Waals surface area contributed by atoms with Gasteiger partial charge in [0.05, 0.1) is 12.3 Å². The van der Waals surface area contributed by atoms with Gasteiger partial charge in [-0.1, -0.05) is 26.7 Å². The van der Waals surface area contributed by atoms with E-state index >= 15 is 0 Å².